The number of thiol groups is 1. The van der Waals surface area contributed by atoms with Crippen molar-refractivity contribution in [1.29, 1.82) is 0 Å². The number of hydrogen-bond donors (Lipinski definition) is 2. The quantitative estimate of drug-likeness (QED) is 0.785. The fourth-order valence-corrected chi connectivity index (χ4v) is 3.05. The van der Waals surface area contributed by atoms with Crippen molar-refractivity contribution in [3.8, 4) is 0 Å². The van der Waals surface area contributed by atoms with Crippen molar-refractivity contribution in [3.05, 3.63) is 29.8 Å². The topological polar surface area (TPSA) is 29.1 Å². The van der Waals surface area contributed by atoms with Gasteiger partial charge in [-0.05, 0) is 43.2 Å². The Hall–Kier alpha value is -0.960. The van der Waals surface area contributed by atoms with Crippen LogP contribution in [0.5, 0.6) is 0 Å². The van der Waals surface area contributed by atoms with Crippen LogP contribution >= 0.6 is 12.6 Å². The number of benzene rings is 1. The molecule has 18 heavy (non-hydrogen) atoms. The predicted octanol–water partition coefficient (Wildman–Crippen LogP) is 3.53. The lowest BCUT2D eigenvalue weighted by Crippen LogP contribution is -2.42. The van der Waals surface area contributed by atoms with Crippen molar-refractivity contribution >= 4 is 18.5 Å². The van der Waals surface area contributed by atoms with E-state index >= 15 is 0 Å². The molecule has 0 aromatic heterocycles. The largest absolute Gasteiger partial charge is 0.349 e. The van der Waals surface area contributed by atoms with Gasteiger partial charge in [0.05, 0.1) is 5.56 Å². The molecular weight excluding hydrogens is 242 g/mol. The molecule has 1 N–H and O–H groups in total. The summed E-state index contributed by atoms with van der Waals surface area (Å²) in [7, 11) is 0. The minimum atomic E-state index is 0.00648. The Morgan fingerprint density at radius 1 is 1.28 bits per heavy atom. The molecule has 1 aliphatic carbocycles. The maximum absolute atomic E-state index is 12.2. The molecule has 1 saturated carbocycles. The van der Waals surface area contributed by atoms with Crippen molar-refractivity contribution in [2.24, 2.45) is 11.8 Å². The Kier molecular flexibility index (Phi) is 4.33. The van der Waals surface area contributed by atoms with Crippen LogP contribution in [0, 0.1) is 11.8 Å². The number of carbonyl (C=O) groups is 1. The maximum Gasteiger partial charge on any atom is 0.252 e. The molecule has 98 valence electrons. The molecule has 0 radical (unpaired) electrons. The van der Waals surface area contributed by atoms with E-state index in [0.29, 0.717) is 17.5 Å². The third-order valence-corrected chi connectivity index (χ3v) is 4.29. The second-order valence-corrected chi connectivity index (χ2v) is 5.97. The number of nitrogens with one attached hydrogen (secondary N) is 1. The van der Waals surface area contributed by atoms with Crippen LogP contribution < -0.4 is 5.32 Å². The fraction of sp³-hybridized carbons (Fsp3) is 0.533. The van der Waals surface area contributed by atoms with Gasteiger partial charge in [0, 0.05) is 10.9 Å². The molecule has 0 spiro atoms. The molecule has 1 aliphatic rings. The lowest BCUT2D eigenvalue weighted by atomic mass is 9.80. The van der Waals surface area contributed by atoms with Crippen LogP contribution in [0.4, 0.5) is 0 Å². The summed E-state index contributed by atoms with van der Waals surface area (Å²) in [5.74, 6) is 1.35. The third kappa shape index (κ3) is 3.08. The Morgan fingerprint density at radius 2 is 2.00 bits per heavy atom. The van der Waals surface area contributed by atoms with E-state index in [0.717, 1.165) is 17.2 Å². The summed E-state index contributed by atoms with van der Waals surface area (Å²) < 4.78 is 0. The maximum atomic E-state index is 12.2. The average molecular weight is 263 g/mol. The van der Waals surface area contributed by atoms with Crippen LogP contribution in [0.1, 0.15) is 43.5 Å². The van der Waals surface area contributed by atoms with Crippen LogP contribution in [0.15, 0.2) is 29.2 Å². The first-order valence-electron chi connectivity index (χ1n) is 6.66. The van der Waals surface area contributed by atoms with Gasteiger partial charge >= 0.3 is 0 Å². The first kappa shape index (κ1) is 13.5. The van der Waals surface area contributed by atoms with Gasteiger partial charge in [-0.15, -0.1) is 12.6 Å². The Labute approximate surface area is 115 Å². The van der Waals surface area contributed by atoms with E-state index < -0.39 is 0 Å². The highest BCUT2D eigenvalue weighted by atomic mass is 32.1. The van der Waals surface area contributed by atoms with E-state index in [9.17, 15) is 4.79 Å². The fourth-order valence-electron chi connectivity index (χ4n) is 2.79. The molecule has 3 atom stereocenters. The first-order chi connectivity index (χ1) is 8.58. The smallest absolute Gasteiger partial charge is 0.252 e. The molecule has 0 bridgehead atoms. The number of carbonyl (C=O) groups excluding carboxylic acids is 1. The number of amides is 1. The first-order valence-corrected chi connectivity index (χ1v) is 7.11. The van der Waals surface area contributed by atoms with E-state index in [1.165, 1.54) is 12.8 Å². The zero-order chi connectivity index (χ0) is 13.1. The number of rotatable bonds is 2. The third-order valence-electron chi connectivity index (χ3n) is 3.90. The van der Waals surface area contributed by atoms with E-state index in [2.05, 4.69) is 31.8 Å². The minimum Gasteiger partial charge on any atom is -0.349 e. The van der Waals surface area contributed by atoms with Crippen molar-refractivity contribution in [2.75, 3.05) is 0 Å². The molecule has 1 aromatic carbocycles. The van der Waals surface area contributed by atoms with Gasteiger partial charge in [0.2, 0.25) is 0 Å². The molecule has 3 unspecified atom stereocenters. The van der Waals surface area contributed by atoms with E-state index in [-0.39, 0.29) is 5.91 Å². The van der Waals surface area contributed by atoms with Gasteiger partial charge < -0.3 is 5.32 Å². The zero-order valence-corrected chi connectivity index (χ0v) is 11.9. The van der Waals surface area contributed by atoms with Crippen LogP contribution in [0.2, 0.25) is 0 Å². The summed E-state index contributed by atoms with van der Waals surface area (Å²) in [6, 6.07) is 7.75. The summed E-state index contributed by atoms with van der Waals surface area (Å²) in [5, 5.41) is 3.16. The zero-order valence-electron chi connectivity index (χ0n) is 11.0. The van der Waals surface area contributed by atoms with Gasteiger partial charge in [0.25, 0.3) is 5.91 Å². The highest BCUT2D eigenvalue weighted by Crippen LogP contribution is 2.29. The SMILES string of the molecule is CC1CCC(NC(=O)c2ccccc2S)C(C)C1. The predicted molar refractivity (Wildman–Crippen MR) is 77.1 cm³/mol. The second kappa shape index (κ2) is 5.79. The van der Waals surface area contributed by atoms with Gasteiger partial charge in [-0.3, -0.25) is 4.79 Å². The normalized spacial score (nSPS) is 27.8. The second-order valence-electron chi connectivity index (χ2n) is 5.49. The van der Waals surface area contributed by atoms with Gasteiger partial charge in [-0.1, -0.05) is 26.0 Å². The molecule has 0 saturated heterocycles. The molecule has 2 nitrogen and oxygen atoms in total. The summed E-state index contributed by atoms with van der Waals surface area (Å²) in [5.41, 5.74) is 0.673. The molecule has 0 aliphatic heterocycles. The highest BCUT2D eigenvalue weighted by molar-refractivity contribution is 7.80. The summed E-state index contributed by atoms with van der Waals surface area (Å²) in [4.78, 5) is 12.9. The molecule has 1 amide bonds. The summed E-state index contributed by atoms with van der Waals surface area (Å²) in [6.45, 7) is 4.52. The van der Waals surface area contributed by atoms with Crippen LogP contribution in [-0.2, 0) is 0 Å². The highest BCUT2D eigenvalue weighted by Gasteiger charge is 2.26. The lowest BCUT2D eigenvalue weighted by molar-refractivity contribution is 0.0896. The lowest BCUT2D eigenvalue weighted by Gasteiger charge is -2.33. The Balaban J connectivity index is 2.02. The van der Waals surface area contributed by atoms with E-state index in [1.54, 1.807) is 0 Å². The van der Waals surface area contributed by atoms with Crippen molar-refractivity contribution in [3.63, 3.8) is 0 Å². The van der Waals surface area contributed by atoms with E-state index in [1.807, 2.05) is 24.3 Å². The molecule has 0 heterocycles. The van der Waals surface area contributed by atoms with Crippen molar-refractivity contribution in [1.82, 2.24) is 5.32 Å². The van der Waals surface area contributed by atoms with Crippen molar-refractivity contribution < 1.29 is 4.79 Å². The van der Waals surface area contributed by atoms with Crippen LogP contribution in [0.25, 0.3) is 0 Å². The van der Waals surface area contributed by atoms with Gasteiger partial charge in [-0.25, -0.2) is 0 Å². The molecular formula is C15H21NOS. The average Bonchev–Trinajstić information content (AvgIpc) is 2.33. The Bertz CT molecular complexity index is 432. The van der Waals surface area contributed by atoms with Crippen LogP contribution in [0.3, 0.4) is 0 Å². The van der Waals surface area contributed by atoms with Gasteiger partial charge in [0.1, 0.15) is 0 Å². The minimum absolute atomic E-state index is 0.00648. The molecule has 1 fully saturated rings. The van der Waals surface area contributed by atoms with Gasteiger partial charge in [-0.2, -0.15) is 0 Å². The van der Waals surface area contributed by atoms with E-state index in [4.69, 9.17) is 0 Å². The Morgan fingerprint density at radius 3 is 2.67 bits per heavy atom. The van der Waals surface area contributed by atoms with Crippen LogP contribution in [-0.4, -0.2) is 11.9 Å². The number of hydrogen-bond acceptors (Lipinski definition) is 2. The monoisotopic (exact) mass is 263 g/mol. The summed E-state index contributed by atoms with van der Waals surface area (Å²) >= 11 is 4.33. The molecule has 3 heteroatoms. The van der Waals surface area contributed by atoms with Crippen molar-refractivity contribution in [2.45, 2.75) is 44.0 Å². The molecule has 2 rings (SSSR count). The standard InChI is InChI=1S/C15H21NOS/c1-10-7-8-13(11(2)9-10)16-15(17)12-5-3-4-6-14(12)18/h3-6,10-11,13,18H,7-9H2,1-2H3,(H,16,17). The van der Waals surface area contributed by atoms with Gasteiger partial charge in [0.15, 0.2) is 0 Å². The molecule has 1 aromatic rings. The summed E-state index contributed by atoms with van der Waals surface area (Å²) in [6.07, 6.45) is 3.49.